The van der Waals surface area contributed by atoms with Gasteiger partial charge < -0.3 is 24.2 Å². The second-order valence-corrected chi connectivity index (χ2v) is 6.42. The fraction of sp³-hybridized carbons (Fsp3) is 0.667. The van der Waals surface area contributed by atoms with Crippen LogP contribution in [0.15, 0.2) is 18.2 Å². The third-order valence-corrected chi connectivity index (χ3v) is 4.43. The van der Waals surface area contributed by atoms with Crippen LogP contribution in [0.5, 0.6) is 11.5 Å². The van der Waals surface area contributed by atoms with E-state index in [1.54, 1.807) is 0 Å². The molecule has 0 saturated carbocycles. The number of nitrogens with zero attached hydrogens (tertiary/aromatic N) is 1. The van der Waals surface area contributed by atoms with E-state index < -0.39 is 6.10 Å². The van der Waals surface area contributed by atoms with Crippen LogP contribution in [0.25, 0.3) is 0 Å². The molecule has 1 aromatic carbocycles. The summed E-state index contributed by atoms with van der Waals surface area (Å²) in [6, 6.07) is 5.81. The molecule has 1 fully saturated rings. The van der Waals surface area contributed by atoms with Gasteiger partial charge in [-0.05, 0) is 43.6 Å². The quantitative estimate of drug-likeness (QED) is 0.873. The number of fused-ring (bicyclic) bond motifs is 1. The van der Waals surface area contributed by atoms with E-state index in [1.165, 1.54) is 32.1 Å². The van der Waals surface area contributed by atoms with Gasteiger partial charge in [0.05, 0.1) is 19.3 Å². The lowest BCUT2D eigenvalue weighted by atomic mass is 10.1. The predicted molar refractivity (Wildman–Crippen MR) is 87.8 cm³/mol. The number of ether oxygens (including phenoxy) is 3. The highest BCUT2D eigenvalue weighted by atomic mass is 16.7. The molecule has 5 nitrogen and oxygen atoms in total. The van der Waals surface area contributed by atoms with Gasteiger partial charge in [-0.25, -0.2) is 0 Å². The Morgan fingerprint density at radius 3 is 2.61 bits per heavy atom. The first-order valence-electron chi connectivity index (χ1n) is 8.68. The average Bonchev–Trinajstić information content (AvgIpc) is 2.97. The maximum Gasteiger partial charge on any atom is 0.231 e. The Balaban J connectivity index is 1.37. The number of likely N-dealkylation sites (tertiary alicyclic amines) is 1. The summed E-state index contributed by atoms with van der Waals surface area (Å²) in [7, 11) is 0. The molecule has 2 aliphatic rings. The zero-order valence-electron chi connectivity index (χ0n) is 13.7. The normalized spacial score (nSPS) is 20.0. The summed E-state index contributed by atoms with van der Waals surface area (Å²) in [5, 5.41) is 10.2. The smallest absolute Gasteiger partial charge is 0.231 e. The molecule has 0 amide bonds. The topological polar surface area (TPSA) is 51.2 Å². The Morgan fingerprint density at radius 2 is 1.78 bits per heavy atom. The first-order valence-corrected chi connectivity index (χ1v) is 8.68. The van der Waals surface area contributed by atoms with Gasteiger partial charge in [0.15, 0.2) is 11.5 Å². The third-order valence-electron chi connectivity index (χ3n) is 4.43. The molecule has 3 rings (SSSR count). The molecule has 23 heavy (non-hydrogen) atoms. The highest BCUT2D eigenvalue weighted by Crippen LogP contribution is 2.32. The van der Waals surface area contributed by atoms with Gasteiger partial charge in [0.2, 0.25) is 6.79 Å². The summed E-state index contributed by atoms with van der Waals surface area (Å²) in [4.78, 5) is 2.37. The van der Waals surface area contributed by atoms with Gasteiger partial charge in [0.25, 0.3) is 0 Å². The molecular weight excluding hydrogens is 294 g/mol. The van der Waals surface area contributed by atoms with Crippen molar-refractivity contribution in [1.82, 2.24) is 4.90 Å². The van der Waals surface area contributed by atoms with Gasteiger partial charge in [-0.3, -0.25) is 0 Å². The molecule has 128 valence electrons. The molecule has 2 aliphatic heterocycles. The van der Waals surface area contributed by atoms with E-state index in [1.807, 2.05) is 18.2 Å². The van der Waals surface area contributed by atoms with Crippen molar-refractivity contribution in [3.63, 3.8) is 0 Å². The summed E-state index contributed by atoms with van der Waals surface area (Å²) >= 11 is 0. The van der Waals surface area contributed by atoms with Crippen LogP contribution in [0.3, 0.4) is 0 Å². The molecule has 1 N–H and O–H groups in total. The standard InChI is InChI=1S/C18H27NO4/c20-16(11-19-8-4-2-1-3-5-9-19)13-21-12-15-6-7-17-18(10-15)23-14-22-17/h6-7,10,16,20H,1-5,8-9,11-14H2/t16-/m1/s1. The van der Waals surface area contributed by atoms with Crippen molar-refractivity contribution in [2.45, 2.75) is 44.8 Å². The number of hydrogen-bond acceptors (Lipinski definition) is 5. The SMILES string of the molecule is O[C@@H](COCc1ccc2c(c1)OCO2)CN1CCCCCCC1. The average molecular weight is 321 g/mol. The first kappa shape index (κ1) is 16.6. The molecular formula is C18H27NO4. The van der Waals surface area contributed by atoms with E-state index in [9.17, 15) is 5.11 Å². The first-order chi connectivity index (χ1) is 11.3. The molecule has 0 radical (unpaired) electrons. The molecule has 0 aromatic heterocycles. The number of aliphatic hydroxyl groups excluding tert-OH is 1. The van der Waals surface area contributed by atoms with Crippen molar-refractivity contribution < 1.29 is 19.3 Å². The van der Waals surface area contributed by atoms with Gasteiger partial charge in [0.1, 0.15) is 0 Å². The van der Waals surface area contributed by atoms with Gasteiger partial charge in [-0.2, -0.15) is 0 Å². The molecule has 2 heterocycles. The highest BCUT2D eigenvalue weighted by molar-refractivity contribution is 5.44. The lowest BCUT2D eigenvalue weighted by molar-refractivity contribution is 0.00878. The van der Waals surface area contributed by atoms with Crippen LogP contribution in [-0.4, -0.2) is 49.1 Å². The largest absolute Gasteiger partial charge is 0.454 e. The Hall–Kier alpha value is -1.30. The Bertz CT molecular complexity index is 486. The molecule has 0 aliphatic carbocycles. The third kappa shape index (κ3) is 5.09. The maximum atomic E-state index is 10.2. The molecule has 0 unspecified atom stereocenters. The minimum Gasteiger partial charge on any atom is -0.454 e. The number of hydrogen-bond donors (Lipinski definition) is 1. The number of benzene rings is 1. The fourth-order valence-electron chi connectivity index (χ4n) is 3.19. The van der Waals surface area contributed by atoms with Gasteiger partial charge in [0, 0.05) is 6.54 Å². The number of rotatable bonds is 6. The molecule has 1 saturated heterocycles. The number of aliphatic hydroxyl groups is 1. The zero-order valence-corrected chi connectivity index (χ0v) is 13.7. The second-order valence-electron chi connectivity index (χ2n) is 6.42. The van der Waals surface area contributed by atoms with Crippen LogP contribution in [0.4, 0.5) is 0 Å². The summed E-state index contributed by atoms with van der Waals surface area (Å²) in [5.41, 5.74) is 1.03. The predicted octanol–water partition coefficient (Wildman–Crippen LogP) is 2.56. The van der Waals surface area contributed by atoms with Gasteiger partial charge in [-0.15, -0.1) is 0 Å². The van der Waals surface area contributed by atoms with Crippen molar-refractivity contribution in [3.05, 3.63) is 23.8 Å². The van der Waals surface area contributed by atoms with Crippen molar-refractivity contribution >= 4 is 0 Å². The lowest BCUT2D eigenvalue weighted by Gasteiger charge is -2.26. The molecule has 0 bridgehead atoms. The summed E-state index contributed by atoms with van der Waals surface area (Å²) in [5.74, 6) is 1.55. The highest BCUT2D eigenvalue weighted by Gasteiger charge is 2.15. The minimum atomic E-state index is -0.427. The Morgan fingerprint density at radius 1 is 1.04 bits per heavy atom. The zero-order chi connectivity index (χ0) is 15.9. The Kier molecular flexibility index (Phi) is 6.13. The van der Waals surface area contributed by atoms with Crippen LogP contribution in [-0.2, 0) is 11.3 Å². The van der Waals surface area contributed by atoms with Crippen LogP contribution >= 0.6 is 0 Å². The van der Waals surface area contributed by atoms with Crippen LogP contribution in [0.1, 0.15) is 37.7 Å². The van der Waals surface area contributed by atoms with E-state index in [0.29, 0.717) is 19.8 Å². The van der Waals surface area contributed by atoms with Crippen molar-refractivity contribution in [2.24, 2.45) is 0 Å². The molecule has 5 heteroatoms. The van der Waals surface area contributed by atoms with E-state index in [-0.39, 0.29) is 6.79 Å². The summed E-state index contributed by atoms with van der Waals surface area (Å²) in [6.07, 6.45) is 6.04. The van der Waals surface area contributed by atoms with Crippen LogP contribution in [0, 0.1) is 0 Å². The van der Waals surface area contributed by atoms with E-state index in [2.05, 4.69) is 4.90 Å². The minimum absolute atomic E-state index is 0.286. The second kappa shape index (κ2) is 8.52. The molecule has 1 atom stereocenters. The lowest BCUT2D eigenvalue weighted by Crippen LogP contribution is -2.36. The summed E-state index contributed by atoms with van der Waals surface area (Å²) < 4.78 is 16.3. The monoisotopic (exact) mass is 321 g/mol. The summed E-state index contributed by atoms with van der Waals surface area (Å²) in [6.45, 7) is 4.03. The van der Waals surface area contributed by atoms with Gasteiger partial charge in [-0.1, -0.05) is 25.3 Å². The van der Waals surface area contributed by atoms with Crippen LogP contribution < -0.4 is 9.47 Å². The van der Waals surface area contributed by atoms with Gasteiger partial charge >= 0.3 is 0 Å². The Labute approximate surface area is 138 Å². The fourth-order valence-corrected chi connectivity index (χ4v) is 3.19. The van der Waals surface area contributed by atoms with Crippen molar-refractivity contribution in [3.8, 4) is 11.5 Å². The number of β-amino-alcohol motifs (C(OH)–C–C–N with tert-alkyl or cyclic N) is 1. The van der Waals surface area contributed by atoms with E-state index >= 15 is 0 Å². The van der Waals surface area contributed by atoms with Crippen LogP contribution in [0.2, 0.25) is 0 Å². The molecule has 1 aromatic rings. The maximum absolute atomic E-state index is 10.2. The van der Waals surface area contributed by atoms with Crippen molar-refractivity contribution in [2.75, 3.05) is 33.0 Å². The van der Waals surface area contributed by atoms with E-state index in [0.717, 1.165) is 30.2 Å². The van der Waals surface area contributed by atoms with Crippen molar-refractivity contribution in [1.29, 1.82) is 0 Å². The van der Waals surface area contributed by atoms with E-state index in [4.69, 9.17) is 14.2 Å². The molecule has 0 spiro atoms.